The Kier molecular flexibility index (Phi) is 6.72. The number of nitrogens with zero attached hydrogens (tertiary/aromatic N) is 3. The molecular formula is C22H22ClN3O5. The Bertz CT molecular complexity index is 1030. The zero-order valence-electron chi connectivity index (χ0n) is 17.1. The van der Waals surface area contributed by atoms with Crippen molar-refractivity contribution in [3.63, 3.8) is 0 Å². The van der Waals surface area contributed by atoms with E-state index in [1.165, 1.54) is 29.2 Å². The lowest BCUT2D eigenvalue weighted by atomic mass is 9.95. The summed E-state index contributed by atoms with van der Waals surface area (Å²) in [5.74, 6) is -1.81. The number of aliphatic hydroxyl groups excluding tert-OH is 1. The lowest BCUT2D eigenvalue weighted by Crippen LogP contribution is -2.32. The lowest BCUT2D eigenvalue weighted by molar-refractivity contribution is -0.384. The predicted octanol–water partition coefficient (Wildman–Crippen LogP) is 3.62. The fourth-order valence-electron chi connectivity index (χ4n) is 3.56. The van der Waals surface area contributed by atoms with Crippen LogP contribution < -0.4 is 0 Å². The maximum atomic E-state index is 12.9. The maximum absolute atomic E-state index is 12.9. The smallest absolute Gasteiger partial charge is 0.295 e. The summed E-state index contributed by atoms with van der Waals surface area (Å²) in [5, 5.41) is 22.4. The summed E-state index contributed by atoms with van der Waals surface area (Å²) < 4.78 is 0. The van der Waals surface area contributed by atoms with Gasteiger partial charge in [0.05, 0.1) is 16.5 Å². The summed E-state index contributed by atoms with van der Waals surface area (Å²) in [6.45, 7) is 0.995. The number of ketones is 1. The maximum Gasteiger partial charge on any atom is 0.295 e. The van der Waals surface area contributed by atoms with Gasteiger partial charge in [-0.25, -0.2) is 0 Å². The highest BCUT2D eigenvalue weighted by molar-refractivity contribution is 6.46. The van der Waals surface area contributed by atoms with Gasteiger partial charge in [0.25, 0.3) is 17.4 Å². The largest absolute Gasteiger partial charge is 0.507 e. The number of carbonyl (C=O) groups is 2. The topological polar surface area (TPSA) is 104 Å². The number of Topliss-reactive ketones (excluding diaryl/α,β-unsaturated/α-hetero) is 1. The normalized spacial score (nSPS) is 18.1. The zero-order valence-corrected chi connectivity index (χ0v) is 17.9. The van der Waals surface area contributed by atoms with Gasteiger partial charge >= 0.3 is 0 Å². The van der Waals surface area contributed by atoms with E-state index >= 15 is 0 Å². The van der Waals surface area contributed by atoms with Gasteiger partial charge in [-0.05, 0) is 69.0 Å². The van der Waals surface area contributed by atoms with E-state index in [1.807, 2.05) is 19.0 Å². The molecule has 1 atom stereocenters. The van der Waals surface area contributed by atoms with Crippen LogP contribution in [0.15, 0.2) is 54.1 Å². The second-order valence-corrected chi connectivity index (χ2v) is 7.94. The first-order chi connectivity index (χ1) is 14.7. The van der Waals surface area contributed by atoms with Crippen molar-refractivity contribution in [2.75, 3.05) is 27.2 Å². The van der Waals surface area contributed by atoms with E-state index in [2.05, 4.69) is 0 Å². The number of aliphatic hydroxyl groups is 1. The summed E-state index contributed by atoms with van der Waals surface area (Å²) in [4.78, 5) is 39.6. The summed E-state index contributed by atoms with van der Waals surface area (Å²) in [5.41, 5.74) is 0.699. The first kappa shape index (κ1) is 22.5. The number of nitro benzene ring substituents is 1. The molecule has 8 nitrogen and oxygen atoms in total. The number of nitro groups is 1. The number of likely N-dealkylation sites (tertiary alicyclic amines) is 1. The molecule has 1 unspecified atom stereocenters. The highest BCUT2D eigenvalue weighted by Crippen LogP contribution is 2.40. The molecule has 1 heterocycles. The Hall–Kier alpha value is -3.23. The molecule has 0 aliphatic carbocycles. The minimum Gasteiger partial charge on any atom is -0.507 e. The first-order valence-corrected chi connectivity index (χ1v) is 10.0. The molecule has 2 aromatic carbocycles. The van der Waals surface area contributed by atoms with Crippen LogP contribution in [0.25, 0.3) is 5.76 Å². The molecule has 1 saturated heterocycles. The molecule has 2 aromatic rings. The van der Waals surface area contributed by atoms with Crippen LogP contribution in [-0.2, 0) is 9.59 Å². The van der Waals surface area contributed by atoms with Gasteiger partial charge in [-0.1, -0.05) is 11.6 Å². The van der Waals surface area contributed by atoms with Crippen LogP contribution in [0.4, 0.5) is 5.69 Å². The minimum absolute atomic E-state index is 0.0500. The van der Waals surface area contributed by atoms with Crippen LogP contribution in [0.1, 0.15) is 23.6 Å². The van der Waals surface area contributed by atoms with E-state index in [9.17, 15) is 24.8 Å². The van der Waals surface area contributed by atoms with Gasteiger partial charge < -0.3 is 14.9 Å². The van der Waals surface area contributed by atoms with Crippen molar-refractivity contribution >= 4 is 34.7 Å². The second-order valence-electron chi connectivity index (χ2n) is 7.50. The van der Waals surface area contributed by atoms with Crippen molar-refractivity contribution in [2.24, 2.45) is 0 Å². The Balaban J connectivity index is 2.09. The van der Waals surface area contributed by atoms with Gasteiger partial charge in [0.1, 0.15) is 5.76 Å². The van der Waals surface area contributed by atoms with E-state index in [0.29, 0.717) is 35.7 Å². The van der Waals surface area contributed by atoms with E-state index < -0.39 is 22.7 Å². The highest BCUT2D eigenvalue weighted by Gasteiger charge is 2.45. The lowest BCUT2D eigenvalue weighted by Gasteiger charge is -2.26. The van der Waals surface area contributed by atoms with Crippen molar-refractivity contribution < 1.29 is 19.6 Å². The third-order valence-electron chi connectivity index (χ3n) is 5.08. The second kappa shape index (κ2) is 9.28. The Morgan fingerprint density at radius 1 is 1.13 bits per heavy atom. The van der Waals surface area contributed by atoms with Crippen LogP contribution in [0.2, 0.25) is 5.02 Å². The van der Waals surface area contributed by atoms with Crippen molar-refractivity contribution in [2.45, 2.75) is 12.5 Å². The number of benzene rings is 2. The zero-order chi connectivity index (χ0) is 22.7. The molecule has 162 valence electrons. The third-order valence-corrected chi connectivity index (χ3v) is 5.33. The van der Waals surface area contributed by atoms with Crippen LogP contribution in [0, 0.1) is 10.1 Å². The molecule has 0 radical (unpaired) electrons. The van der Waals surface area contributed by atoms with Crippen molar-refractivity contribution in [3.05, 3.63) is 80.4 Å². The monoisotopic (exact) mass is 443 g/mol. The van der Waals surface area contributed by atoms with Crippen molar-refractivity contribution in [1.82, 2.24) is 9.80 Å². The van der Waals surface area contributed by atoms with Crippen LogP contribution >= 0.6 is 11.6 Å². The molecule has 0 saturated carbocycles. The molecule has 9 heteroatoms. The van der Waals surface area contributed by atoms with Gasteiger partial charge in [-0.15, -0.1) is 0 Å². The van der Waals surface area contributed by atoms with E-state index in [-0.39, 0.29) is 17.0 Å². The SMILES string of the molecule is CN(C)CCCN1C(=O)C(=O)/C(=C(\O)c2ccc(Cl)cc2)C1c1ccc([N+](=O)[O-])cc1. The van der Waals surface area contributed by atoms with Gasteiger partial charge in [-0.3, -0.25) is 19.7 Å². The number of halogens is 1. The number of amides is 1. The summed E-state index contributed by atoms with van der Waals surface area (Å²) >= 11 is 5.91. The van der Waals surface area contributed by atoms with Gasteiger partial charge in [-0.2, -0.15) is 0 Å². The summed E-state index contributed by atoms with van der Waals surface area (Å²) in [7, 11) is 3.81. The molecule has 1 fully saturated rings. The van der Waals surface area contributed by atoms with E-state index in [0.717, 1.165) is 0 Å². The molecular weight excluding hydrogens is 422 g/mol. The van der Waals surface area contributed by atoms with E-state index in [4.69, 9.17) is 11.6 Å². The molecule has 0 bridgehead atoms. The number of rotatable bonds is 7. The Morgan fingerprint density at radius 2 is 1.74 bits per heavy atom. The standard InChI is InChI=1S/C22H22ClN3O5/c1-24(2)12-3-13-25-19(14-6-10-17(11-7-14)26(30)31)18(21(28)22(25)29)20(27)15-4-8-16(23)9-5-15/h4-11,19,27H,3,12-13H2,1-2H3/b20-18-. The molecule has 1 amide bonds. The third kappa shape index (κ3) is 4.76. The van der Waals surface area contributed by atoms with E-state index in [1.54, 1.807) is 24.3 Å². The number of carbonyl (C=O) groups excluding carboxylic acids is 2. The first-order valence-electron chi connectivity index (χ1n) is 9.64. The van der Waals surface area contributed by atoms with Crippen LogP contribution in [0.3, 0.4) is 0 Å². The number of hydrogen-bond acceptors (Lipinski definition) is 6. The van der Waals surface area contributed by atoms with Crippen LogP contribution in [-0.4, -0.2) is 58.7 Å². The van der Waals surface area contributed by atoms with Crippen molar-refractivity contribution in [3.8, 4) is 0 Å². The summed E-state index contributed by atoms with van der Waals surface area (Å²) in [6.07, 6.45) is 0.616. The average molecular weight is 444 g/mol. The number of hydrogen-bond donors (Lipinski definition) is 1. The predicted molar refractivity (Wildman–Crippen MR) is 117 cm³/mol. The quantitative estimate of drug-likeness (QED) is 0.230. The van der Waals surface area contributed by atoms with Gasteiger partial charge in [0.15, 0.2) is 0 Å². The van der Waals surface area contributed by atoms with Gasteiger partial charge in [0, 0.05) is 29.3 Å². The fourth-order valence-corrected chi connectivity index (χ4v) is 3.68. The highest BCUT2D eigenvalue weighted by atomic mass is 35.5. The summed E-state index contributed by atoms with van der Waals surface area (Å²) in [6, 6.07) is 11.1. The number of non-ortho nitro benzene ring substituents is 1. The van der Waals surface area contributed by atoms with Crippen molar-refractivity contribution in [1.29, 1.82) is 0 Å². The molecule has 1 aliphatic heterocycles. The molecule has 0 spiro atoms. The van der Waals surface area contributed by atoms with Crippen LogP contribution in [0.5, 0.6) is 0 Å². The molecule has 1 N–H and O–H groups in total. The molecule has 1 aliphatic rings. The molecule has 0 aromatic heterocycles. The fraction of sp³-hybridized carbons (Fsp3) is 0.273. The van der Waals surface area contributed by atoms with Gasteiger partial charge in [0.2, 0.25) is 0 Å². The Morgan fingerprint density at radius 3 is 2.29 bits per heavy atom. The Labute approximate surface area is 184 Å². The average Bonchev–Trinajstić information content (AvgIpc) is 2.98. The minimum atomic E-state index is -0.848. The molecule has 31 heavy (non-hydrogen) atoms. The molecule has 3 rings (SSSR count).